The third kappa shape index (κ3) is 5.26. The largest absolute Gasteiger partial charge is 0.482 e. The molecule has 2 aromatic carbocycles. The summed E-state index contributed by atoms with van der Waals surface area (Å²) >= 11 is 9.58. The minimum Gasteiger partial charge on any atom is -0.482 e. The van der Waals surface area contributed by atoms with Gasteiger partial charge in [0.2, 0.25) is 5.91 Å². The van der Waals surface area contributed by atoms with Crippen molar-refractivity contribution in [3.05, 3.63) is 57.5 Å². The second-order valence-electron chi connectivity index (χ2n) is 6.83. The van der Waals surface area contributed by atoms with Gasteiger partial charge in [0.15, 0.2) is 6.61 Å². The average molecular weight is 466 g/mol. The zero-order valence-electron chi connectivity index (χ0n) is 15.6. The standard InChI is InChI=1S/C21H22BrClN2O3/c1-14-11-16(22)12-18(23)20(14)28-13-19(26)25-9-7-15(8-10-25)21(27)24-17-5-3-2-4-6-17/h2-6,11-12,15H,7-10,13H2,1H3,(H,24,27). The number of carbonyl (C=O) groups excluding carboxylic acids is 2. The summed E-state index contributed by atoms with van der Waals surface area (Å²) in [7, 11) is 0. The summed E-state index contributed by atoms with van der Waals surface area (Å²) in [5.41, 5.74) is 1.66. The Morgan fingerprint density at radius 2 is 1.89 bits per heavy atom. The number of rotatable bonds is 5. The van der Waals surface area contributed by atoms with Gasteiger partial charge in [0.1, 0.15) is 5.75 Å². The Morgan fingerprint density at radius 1 is 1.21 bits per heavy atom. The van der Waals surface area contributed by atoms with Crippen LogP contribution in [0.3, 0.4) is 0 Å². The Labute approximate surface area is 178 Å². The molecule has 0 atom stereocenters. The van der Waals surface area contributed by atoms with Crippen molar-refractivity contribution in [2.45, 2.75) is 19.8 Å². The average Bonchev–Trinajstić information content (AvgIpc) is 2.68. The van der Waals surface area contributed by atoms with E-state index in [9.17, 15) is 9.59 Å². The highest BCUT2D eigenvalue weighted by Crippen LogP contribution is 2.32. The predicted molar refractivity (Wildman–Crippen MR) is 114 cm³/mol. The predicted octanol–water partition coefficient (Wildman–Crippen LogP) is 4.67. The molecule has 7 heteroatoms. The molecule has 1 heterocycles. The Morgan fingerprint density at radius 3 is 2.54 bits per heavy atom. The highest BCUT2D eigenvalue weighted by atomic mass is 79.9. The first-order chi connectivity index (χ1) is 13.4. The van der Waals surface area contributed by atoms with Crippen LogP contribution in [0, 0.1) is 12.8 Å². The lowest BCUT2D eigenvalue weighted by Gasteiger charge is -2.31. The van der Waals surface area contributed by atoms with Crippen molar-refractivity contribution in [2.24, 2.45) is 5.92 Å². The number of benzene rings is 2. The maximum absolute atomic E-state index is 12.5. The van der Waals surface area contributed by atoms with Crippen molar-refractivity contribution >= 4 is 45.0 Å². The van der Waals surface area contributed by atoms with Gasteiger partial charge in [-0.15, -0.1) is 0 Å². The van der Waals surface area contributed by atoms with Crippen molar-refractivity contribution in [1.29, 1.82) is 0 Å². The van der Waals surface area contributed by atoms with Crippen LogP contribution in [-0.4, -0.2) is 36.4 Å². The molecular formula is C21H22BrClN2O3. The minimum atomic E-state index is -0.0969. The molecule has 1 fully saturated rings. The van der Waals surface area contributed by atoms with Crippen molar-refractivity contribution < 1.29 is 14.3 Å². The van der Waals surface area contributed by atoms with Gasteiger partial charge < -0.3 is 15.0 Å². The molecule has 0 aromatic heterocycles. The van der Waals surface area contributed by atoms with Crippen LogP contribution < -0.4 is 10.1 Å². The third-order valence-electron chi connectivity index (χ3n) is 4.79. The minimum absolute atomic E-state index is 0.00631. The molecule has 1 aliphatic rings. The molecule has 0 radical (unpaired) electrons. The van der Waals surface area contributed by atoms with E-state index in [0.717, 1.165) is 15.7 Å². The number of hydrogen-bond acceptors (Lipinski definition) is 3. The molecule has 28 heavy (non-hydrogen) atoms. The molecule has 1 saturated heterocycles. The first-order valence-corrected chi connectivity index (χ1v) is 10.3. The van der Waals surface area contributed by atoms with Gasteiger partial charge in [-0.2, -0.15) is 0 Å². The SMILES string of the molecule is Cc1cc(Br)cc(Cl)c1OCC(=O)N1CCC(C(=O)Nc2ccccc2)CC1. The lowest BCUT2D eigenvalue weighted by Crippen LogP contribution is -2.43. The first kappa shape index (κ1) is 20.7. The summed E-state index contributed by atoms with van der Waals surface area (Å²) in [4.78, 5) is 26.6. The molecule has 1 aliphatic heterocycles. The van der Waals surface area contributed by atoms with Crippen LogP contribution in [0.1, 0.15) is 18.4 Å². The highest BCUT2D eigenvalue weighted by molar-refractivity contribution is 9.10. The van der Waals surface area contributed by atoms with E-state index >= 15 is 0 Å². The summed E-state index contributed by atoms with van der Waals surface area (Å²) in [6.07, 6.45) is 1.28. The van der Waals surface area contributed by atoms with E-state index in [0.29, 0.717) is 36.7 Å². The summed E-state index contributed by atoms with van der Waals surface area (Å²) in [5.74, 6) is 0.343. The van der Waals surface area contributed by atoms with E-state index in [-0.39, 0.29) is 24.3 Å². The van der Waals surface area contributed by atoms with E-state index < -0.39 is 0 Å². The van der Waals surface area contributed by atoms with Crippen LogP contribution in [0.5, 0.6) is 5.75 Å². The van der Waals surface area contributed by atoms with E-state index in [4.69, 9.17) is 16.3 Å². The van der Waals surface area contributed by atoms with Crippen molar-refractivity contribution in [2.75, 3.05) is 25.0 Å². The number of carbonyl (C=O) groups is 2. The molecule has 3 rings (SSSR count). The molecule has 0 unspecified atom stereocenters. The van der Waals surface area contributed by atoms with Gasteiger partial charge in [-0.25, -0.2) is 0 Å². The number of amides is 2. The lowest BCUT2D eigenvalue weighted by atomic mass is 9.95. The van der Waals surface area contributed by atoms with Gasteiger partial charge in [0, 0.05) is 29.2 Å². The molecule has 2 amide bonds. The molecule has 0 bridgehead atoms. The van der Waals surface area contributed by atoms with Crippen LogP contribution in [0.4, 0.5) is 5.69 Å². The Bertz CT molecular complexity index is 829. The number of aryl methyl sites for hydroxylation is 1. The van der Waals surface area contributed by atoms with Crippen LogP contribution in [-0.2, 0) is 9.59 Å². The van der Waals surface area contributed by atoms with E-state index in [2.05, 4.69) is 21.2 Å². The number of piperidine rings is 1. The number of likely N-dealkylation sites (tertiary alicyclic amines) is 1. The Hall–Kier alpha value is -2.05. The Balaban J connectivity index is 1.48. The third-order valence-corrected chi connectivity index (χ3v) is 5.53. The maximum atomic E-state index is 12.5. The summed E-state index contributed by atoms with van der Waals surface area (Å²) in [5, 5.41) is 3.40. The molecule has 0 saturated carbocycles. The zero-order chi connectivity index (χ0) is 20.1. The van der Waals surface area contributed by atoms with Crippen LogP contribution in [0.25, 0.3) is 0 Å². The monoisotopic (exact) mass is 464 g/mol. The van der Waals surface area contributed by atoms with Gasteiger partial charge in [-0.05, 0) is 49.6 Å². The smallest absolute Gasteiger partial charge is 0.260 e. The lowest BCUT2D eigenvalue weighted by molar-refractivity contribution is -0.136. The molecule has 148 valence electrons. The van der Waals surface area contributed by atoms with Crippen LogP contribution in [0.15, 0.2) is 46.9 Å². The summed E-state index contributed by atoms with van der Waals surface area (Å²) < 4.78 is 6.53. The molecular weight excluding hydrogens is 444 g/mol. The van der Waals surface area contributed by atoms with Gasteiger partial charge in [0.25, 0.3) is 5.91 Å². The number of anilines is 1. The van der Waals surface area contributed by atoms with E-state index in [1.54, 1.807) is 11.0 Å². The van der Waals surface area contributed by atoms with Gasteiger partial charge in [0.05, 0.1) is 5.02 Å². The number of para-hydroxylation sites is 1. The normalized spacial score (nSPS) is 14.6. The quantitative estimate of drug-likeness (QED) is 0.698. The van der Waals surface area contributed by atoms with E-state index in [1.807, 2.05) is 43.3 Å². The summed E-state index contributed by atoms with van der Waals surface area (Å²) in [6.45, 7) is 2.90. The fraction of sp³-hybridized carbons (Fsp3) is 0.333. The second-order valence-corrected chi connectivity index (χ2v) is 8.16. The van der Waals surface area contributed by atoms with Crippen molar-refractivity contribution in [3.63, 3.8) is 0 Å². The van der Waals surface area contributed by atoms with Gasteiger partial charge in [-0.1, -0.05) is 45.7 Å². The second kappa shape index (κ2) is 9.43. The van der Waals surface area contributed by atoms with Gasteiger partial charge >= 0.3 is 0 Å². The van der Waals surface area contributed by atoms with Gasteiger partial charge in [-0.3, -0.25) is 9.59 Å². The molecule has 5 nitrogen and oxygen atoms in total. The zero-order valence-corrected chi connectivity index (χ0v) is 17.9. The molecule has 0 spiro atoms. The van der Waals surface area contributed by atoms with Crippen LogP contribution >= 0.6 is 27.5 Å². The van der Waals surface area contributed by atoms with E-state index in [1.165, 1.54) is 0 Å². The van der Waals surface area contributed by atoms with Crippen molar-refractivity contribution in [3.8, 4) is 5.75 Å². The fourth-order valence-electron chi connectivity index (χ4n) is 3.25. The molecule has 1 N–H and O–H groups in total. The Kier molecular flexibility index (Phi) is 6.97. The fourth-order valence-corrected chi connectivity index (χ4v) is 4.28. The number of nitrogens with one attached hydrogen (secondary N) is 1. The number of hydrogen-bond donors (Lipinski definition) is 1. The topological polar surface area (TPSA) is 58.6 Å². The van der Waals surface area contributed by atoms with Crippen molar-refractivity contribution in [1.82, 2.24) is 4.90 Å². The van der Waals surface area contributed by atoms with Crippen LogP contribution in [0.2, 0.25) is 5.02 Å². The summed E-state index contributed by atoms with van der Waals surface area (Å²) in [6, 6.07) is 13.0. The number of ether oxygens (including phenoxy) is 1. The first-order valence-electron chi connectivity index (χ1n) is 9.16. The molecule has 0 aliphatic carbocycles. The highest BCUT2D eigenvalue weighted by Gasteiger charge is 2.27. The number of halogens is 2. The maximum Gasteiger partial charge on any atom is 0.260 e. The molecule has 2 aromatic rings. The number of nitrogens with zero attached hydrogens (tertiary/aromatic N) is 1.